The van der Waals surface area contributed by atoms with E-state index in [1.165, 1.54) is 0 Å². The van der Waals surface area contributed by atoms with Gasteiger partial charge in [0.25, 0.3) is 0 Å². The highest BCUT2D eigenvalue weighted by Gasteiger charge is 2.16. The lowest BCUT2D eigenvalue weighted by Gasteiger charge is -2.06. The van der Waals surface area contributed by atoms with Crippen LogP contribution < -0.4 is 0 Å². The molecule has 0 amide bonds. The molecule has 21 heavy (non-hydrogen) atoms. The second-order valence-corrected chi connectivity index (χ2v) is 5.99. The van der Waals surface area contributed by atoms with E-state index in [1.54, 1.807) is 22.9 Å². The van der Waals surface area contributed by atoms with Gasteiger partial charge in [-0.3, -0.25) is 9.48 Å². The van der Waals surface area contributed by atoms with E-state index < -0.39 is 0 Å². The lowest BCUT2D eigenvalue weighted by atomic mass is 10.1. The Morgan fingerprint density at radius 1 is 1.19 bits per heavy atom. The second-order valence-electron chi connectivity index (χ2n) is 4.80. The van der Waals surface area contributed by atoms with Crippen LogP contribution in [0.5, 0.6) is 0 Å². The zero-order valence-electron chi connectivity index (χ0n) is 11.8. The summed E-state index contributed by atoms with van der Waals surface area (Å²) in [6.45, 7) is 4.49. The minimum atomic E-state index is 0.0601. The van der Waals surface area contributed by atoms with Crippen LogP contribution in [-0.4, -0.2) is 15.6 Å². The number of nitrogens with zero attached hydrogens (tertiary/aromatic N) is 2. The fraction of sp³-hybridized carbons (Fsp3) is 0.333. The van der Waals surface area contributed by atoms with Crippen LogP contribution in [0.1, 0.15) is 23.9 Å². The van der Waals surface area contributed by atoms with Gasteiger partial charge in [-0.1, -0.05) is 40.9 Å². The maximum absolute atomic E-state index is 12.2. The number of benzene rings is 1. The molecule has 3 nitrogen and oxygen atoms in total. The number of ketones is 1. The molecule has 0 spiro atoms. The predicted molar refractivity (Wildman–Crippen MR) is 86.5 cm³/mol. The highest BCUT2D eigenvalue weighted by Crippen LogP contribution is 2.24. The van der Waals surface area contributed by atoms with E-state index in [0.29, 0.717) is 28.0 Å². The molecule has 2 aromatic rings. The van der Waals surface area contributed by atoms with E-state index in [0.717, 1.165) is 17.0 Å². The average molecular weight is 346 g/mol. The van der Waals surface area contributed by atoms with Gasteiger partial charge in [-0.15, -0.1) is 0 Å². The topological polar surface area (TPSA) is 34.9 Å². The minimum Gasteiger partial charge on any atom is -0.299 e. The molecule has 0 aliphatic carbocycles. The maximum atomic E-state index is 12.2. The number of halogens is 3. The normalized spacial score (nSPS) is 10.9. The van der Waals surface area contributed by atoms with E-state index in [1.807, 2.05) is 13.8 Å². The van der Waals surface area contributed by atoms with E-state index in [4.69, 9.17) is 34.8 Å². The summed E-state index contributed by atoms with van der Waals surface area (Å²) in [4.78, 5) is 12.2. The third kappa shape index (κ3) is 3.79. The van der Waals surface area contributed by atoms with Gasteiger partial charge in [0.05, 0.1) is 32.9 Å². The minimum absolute atomic E-state index is 0.0601. The largest absolute Gasteiger partial charge is 0.299 e. The molecular formula is C15H15Cl3N2O. The van der Waals surface area contributed by atoms with Crippen molar-refractivity contribution >= 4 is 40.6 Å². The first kappa shape index (κ1) is 16.3. The van der Waals surface area contributed by atoms with Gasteiger partial charge in [-0.25, -0.2) is 0 Å². The molecule has 0 radical (unpaired) electrons. The summed E-state index contributed by atoms with van der Waals surface area (Å²) in [6, 6.07) is 5.21. The average Bonchev–Trinajstić information content (AvgIpc) is 2.70. The van der Waals surface area contributed by atoms with Crippen molar-refractivity contribution in [1.29, 1.82) is 0 Å². The van der Waals surface area contributed by atoms with Crippen LogP contribution in [0.4, 0.5) is 0 Å². The molecule has 6 heteroatoms. The van der Waals surface area contributed by atoms with Gasteiger partial charge in [0.15, 0.2) is 0 Å². The Labute approximate surface area is 138 Å². The Bertz CT molecular complexity index is 680. The van der Waals surface area contributed by atoms with Crippen LogP contribution in [-0.2, 0) is 24.2 Å². The number of hydrogen-bond donors (Lipinski definition) is 0. The molecule has 0 saturated heterocycles. The van der Waals surface area contributed by atoms with Crippen molar-refractivity contribution in [2.24, 2.45) is 0 Å². The molecular weight excluding hydrogens is 331 g/mol. The fourth-order valence-electron chi connectivity index (χ4n) is 2.16. The smallest absolute Gasteiger partial charge is 0.143 e. The van der Waals surface area contributed by atoms with Crippen LogP contribution >= 0.6 is 34.8 Å². The van der Waals surface area contributed by atoms with Gasteiger partial charge in [0.2, 0.25) is 0 Å². The summed E-state index contributed by atoms with van der Waals surface area (Å²) < 4.78 is 1.77. The lowest BCUT2D eigenvalue weighted by Crippen LogP contribution is -2.12. The highest BCUT2D eigenvalue weighted by atomic mass is 35.5. The number of aryl methyl sites for hydroxylation is 2. The number of carbonyl (C=O) groups excluding carboxylic acids is 1. The Morgan fingerprint density at radius 3 is 2.52 bits per heavy atom. The number of aromatic nitrogens is 2. The first-order chi connectivity index (χ1) is 9.92. The van der Waals surface area contributed by atoms with E-state index in [2.05, 4.69) is 5.10 Å². The van der Waals surface area contributed by atoms with E-state index >= 15 is 0 Å². The van der Waals surface area contributed by atoms with Crippen LogP contribution in [0.2, 0.25) is 15.1 Å². The molecule has 0 fully saturated rings. The number of hydrogen-bond acceptors (Lipinski definition) is 2. The second kappa shape index (κ2) is 6.82. The van der Waals surface area contributed by atoms with Crippen molar-refractivity contribution in [1.82, 2.24) is 9.78 Å². The van der Waals surface area contributed by atoms with E-state index in [9.17, 15) is 4.79 Å². The molecule has 0 atom stereocenters. The molecule has 0 bridgehead atoms. The monoisotopic (exact) mass is 344 g/mol. The molecule has 0 aliphatic rings. The van der Waals surface area contributed by atoms with Crippen molar-refractivity contribution in [3.63, 3.8) is 0 Å². The number of carbonyl (C=O) groups is 1. The Hall–Kier alpha value is -1.03. The first-order valence-electron chi connectivity index (χ1n) is 6.59. The molecule has 112 valence electrons. The summed E-state index contributed by atoms with van der Waals surface area (Å²) >= 11 is 18.0. The standard InChI is InChI=1S/C15H15Cl3N2O/c1-3-20-14(15(18)9(2)19-20)8-11(21)6-10-4-5-12(16)13(17)7-10/h4-5,7H,3,6,8H2,1-2H3. The number of rotatable bonds is 5. The van der Waals surface area contributed by atoms with Gasteiger partial charge in [0, 0.05) is 13.0 Å². The summed E-state index contributed by atoms with van der Waals surface area (Å²) in [5.41, 5.74) is 2.35. The molecule has 1 aromatic carbocycles. The van der Waals surface area contributed by atoms with Crippen LogP contribution in [0, 0.1) is 6.92 Å². The highest BCUT2D eigenvalue weighted by molar-refractivity contribution is 6.42. The zero-order chi connectivity index (χ0) is 15.6. The Kier molecular flexibility index (Phi) is 5.31. The van der Waals surface area contributed by atoms with Gasteiger partial charge in [0.1, 0.15) is 5.78 Å². The Morgan fingerprint density at radius 2 is 1.90 bits per heavy atom. The third-order valence-electron chi connectivity index (χ3n) is 3.20. The molecule has 0 saturated carbocycles. The molecule has 2 rings (SSSR count). The van der Waals surface area contributed by atoms with Crippen molar-refractivity contribution in [3.05, 3.63) is 50.2 Å². The first-order valence-corrected chi connectivity index (χ1v) is 7.73. The summed E-state index contributed by atoms with van der Waals surface area (Å²) in [6.07, 6.45) is 0.551. The Balaban J connectivity index is 2.13. The summed E-state index contributed by atoms with van der Waals surface area (Å²) in [5, 5.41) is 5.81. The fourth-order valence-corrected chi connectivity index (χ4v) is 2.69. The molecule has 1 heterocycles. The van der Waals surface area contributed by atoms with Crippen molar-refractivity contribution in [2.45, 2.75) is 33.2 Å². The van der Waals surface area contributed by atoms with Crippen LogP contribution in [0.3, 0.4) is 0 Å². The molecule has 1 aromatic heterocycles. The summed E-state index contributed by atoms with van der Waals surface area (Å²) in [7, 11) is 0. The third-order valence-corrected chi connectivity index (χ3v) is 4.43. The quantitative estimate of drug-likeness (QED) is 0.798. The van der Waals surface area contributed by atoms with Gasteiger partial charge in [-0.05, 0) is 31.5 Å². The summed E-state index contributed by atoms with van der Waals surface area (Å²) in [5.74, 6) is 0.0601. The zero-order valence-corrected chi connectivity index (χ0v) is 14.1. The van der Waals surface area contributed by atoms with Crippen LogP contribution in [0.25, 0.3) is 0 Å². The van der Waals surface area contributed by atoms with Crippen molar-refractivity contribution in [2.75, 3.05) is 0 Å². The van der Waals surface area contributed by atoms with Gasteiger partial charge < -0.3 is 0 Å². The lowest BCUT2D eigenvalue weighted by molar-refractivity contribution is -0.117. The van der Waals surface area contributed by atoms with Crippen molar-refractivity contribution in [3.8, 4) is 0 Å². The molecule has 0 aliphatic heterocycles. The van der Waals surface area contributed by atoms with Gasteiger partial charge in [-0.2, -0.15) is 5.10 Å². The van der Waals surface area contributed by atoms with E-state index in [-0.39, 0.29) is 12.2 Å². The van der Waals surface area contributed by atoms with Crippen molar-refractivity contribution < 1.29 is 4.79 Å². The predicted octanol–water partition coefficient (Wildman–Crippen LogP) is 4.53. The maximum Gasteiger partial charge on any atom is 0.143 e. The molecule has 0 unspecified atom stereocenters. The number of Topliss-reactive ketones (excluding diaryl/α,β-unsaturated/α-hetero) is 1. The molecule has 0 N–H and O–H groups in total. The van der Waals surface area contributed by atoms with Crippen LogP contribution in [0.15, 0.2) is 18.2 Å². The SMILES string of the molecule is CCn1nc(C)c(Cl)c1CC(=O)Cc1ccc(Cl)c(Cl)c1. The van der Waals surface area contributed by atoms with Gasteiger partial charge >= 0.3 is 0 Å².